The van der Waals surface area contributed by atoms with Gasteiger partial charge in [0.25, 0.3) is 0 Å². The van der Waals surface area contributed by atoms with E-state index in [4.69, 9.17) is 18.5 Å². The topological polar surface area (TPSA) is 115 Å². The highest BCUT2D eigenvalue weighted by Crippen LogP contribution is 2.55. The second-order valence-electron chi connectivity index (χ2n) is 20.6. The second kappa shape index (κ2) is 15.8. The summed E-state index contributed by atoms with van der Waals surface area (Å²) >= 11 is 0. The van der Waals surface area contributed by atoms with Gasteiger partial charge in [-0.25, -0.2) is 0 Å². The number of nitrogens with zero attached hydrogens (tertiary/aromatic N) is 2. The van der Waals surface area contributed by atoms with Gasteiger partial charge in [0.15, 0.2) is 5.41 Å². The molecule has 3 rings (SSSR count). The standard InChI is InChI=1S/C43H75N2O8P/c1-19-50-54(49,51-20-2)28-43(35(47)52-30-24-39(9,10)44(17)40(11,12)25-30,36(48)53-31-26-41(13,14)45(18)42(15,16)27-31)23-29-21-32(37(3,4)5)34(46)33(22-29)38(6,7)8/h21-22,30-31,46H,19-20,23-28H2,1-18H3. The maximum atomic E-state index is 15.3. The molecule has 2 aliphatic heterocycles. The lowest BCUT2D eigenvalue weighted by molar-refractivity contribution is -0.186. The number of piperidine rings is 2. The van der Waals surface area contributed by atoms with E-state index in [9.17, 15) is 9.67 Å². The van der Waals surface area contributed by atoms with Crippen molar-refractivity contribution in [1.82, 2.24) is 9.80 Å². The summed E-state index contributed by atoms with van der Waals surface area (Å²) in [6.45, 7) is 32.6. The molecular formula is C43H75N2O8P. The fourth-order valence-electron chi connectivity index (χ4n) is 8.81. The molecule has 10 nitrogen and oxygen atoms in total. The van der Waals surface area contributed by atoms with Crippen LogP contribution < -0.4 is 0 Å². The normalized spacial score (nSPS) is 21.5. The Labute approximate surface area is 327 Å². The minimum atomic E-state index is -4.08. The number of carbonyl (C=O) groups excluding carboxylic acids is 2. The van der Waals surface area contributed by atoms with Gasteiger partial charge in [-0.05, 0) is 117 Å². The van der Waals surface area contributed by atoms with Crippen molar-refractivity contribution in [2.45, 2.75) is 188 Å². The monoisotopic (exact) mass is 779 g/mol. The van der Waals surface area contributed by atoms with Crippen molar-refractivity contribution in [2.75, 3.05) is 33.5 Å². The van der Waals surface area contributed by atoms with Crippen LogP contribution in [0.25, 0.3) is 0 Å². The summed E-state index contributed by atoms with van der Waals surface area (Å²) in [6.07, 6.45) is 0.346. The molecule has 2 fully saturated rings. The van der Waals surface area contributed by atoms with Crippen molar-refractivity contribution in [2.24, 2.45) is 5.41 Å². The molecule has 0 radical (unpaired) electrons. The molecule has 2 saturated heterocycles. The first-order valence-electron chi connectivity index (χ1n) is 19.9. The summed E-state index contributed by atoms with van der Waals surface area (Å²) in [7, 11) is 0.0770. The van der Waals surface area contributed by atoms with Crippen LogP contribution in [-0.4, -0.2) is 94.7 Å². The summed E-state index contributed by atoms with van der Waals surface area (Å²) < 4.78 is 39.4. The SMILES string of the molecule is CCOP(=O)(CC(Cc1cc(C(C)(C)C)c(O)c(C(C)(C)C)c1)(C(=O)OC1CC(C)(C)N(C)C(C)(C)C1)C(=O)OC1CC(C)(C)N(C)C(C)(C)C1)OCC. The number of hydrogen-bond donors (Lipinski definition) is 1. The summed E-state index contributed by atoms with van der Waals surface area (Å²) in [5.41, 5.74) is -2.35. The van der Waals surface area contributed by atoms with Crippen molar-refractivity contribution < 1.29 is 37.8 Å². The number of likely N-dealkylation sites (tertiary alicyclic amines) is 2. The Kier molecular flexibility index (Phi) is 13.5. The molecule has 310 valence electrons. The zero-order valence-electron chi connectivity index (χ0n) is 37.1. The molecule has 11 heteroatoms. The van der Waals surface area contributed by atoms with Gasteiger partial charge in [-0.1, -0.05) is 53.7 Å². The van der Waals surface area contributed by atoms with Gasteiger partial charge in [0.05, 0.1) is 19.4 Å². The average molecular weight is 779 g/mol. The third-order valence-corrected chi connectivity index (χ3v) is 14.5. The predicted octanol–water partition coefficient (Wildman–Crippen LogP) is 9.17. The van der Waals surface area contributed by atoms with Crippen LogP contribution in [0, 0.1) is 5.41 Å². The number of rotatable bonds is 12. The van der Waals surface area contributed by atoms with E-state index in [1.165, 1.54) is 0 Å². The van der Waals surface area contributed by atoms with E-state index in [1.807, 2.05) is 53.7 Å². The van der Waals surface area contributed by atoms with Crippen molar-refractivity contribution in [3.05, 3.63) is 28.8 Å². The summed E-state index contributed by atoms with van der Waals surface area (Å²) in [5.74, 6) is -1.43. The van der Waals surface area contributed by atoms with Gasteiger partial charge >= 0.3 is 19.5 Å². The van der Waals surface area contributed by atoms with E-state index in [0.29, 0.717) is 42.4 Å². The average Bonchev–Trinajstić information content (AvgIpc) is 2.97. The molecule has 0 bridgehead atoms. The van der Waals surface area contributed by atoms with Gasteiger partial charge in [-0.2, -0.15) is 0 Å². The highest BCUT2D eigenvalue weighted by Gasteiger charge is 2.57. The van der Waals surface area contributed by atoms with E-state index in [2.05, 4.69) is 79.3 Å². The number of esters is 2. The number of hydrogen-bond acceptors (Lipinski definition) is 10. The molecule has 0 unspecified atom stereocenters. The first-order valence-corrected chi connectivity index (χ1v) is 21.6. The molecule has 1 aromatic rings. The Morgan fingerprint density at radius 1 is 0.704 bits per heavy atom. The quantitative estimate of drug-likeness (QED) is 0.125. The van der Waals surface area contributed by atoms with Crippen LogP contribution in [0.15, 0.2) is 12.1 Å². The van der Waals surface area contributed by atoms with Gasteiger partial charge in [0, 0.05) is 47.8 Å². The fourth-order valence-corrected chi connectivity index (χ4v) is 10.9. The Morgan fingerprint density at radius 3 is 1.30 bits per heavy atom. The van der Waals surface area contributed by atoms with Crippen LogP contribution in [0.3, 0.4) is 0 Å². The van der Waals surface area contributed by atoms with Gasteiger partial charge < -0.3 is 23.6 Å². The largest absolute Gasteiger partial charge is 0.507 e. The first-order chi connectivity index (χ1) is 24.3. The molecule has 54 heavy (non-hydrogen) atoms. The van der Waals surface area contributed by atoms with E-state index in [0.717, 1.165) is 0 Å². The van der Waals surface area contributed by atoms with E-state index < -0.39 is 54.1 Å². The molecule has 0 aromatic heterocycles. The van der Waals surface area contributed by atoms with Crippen LogP contribution in [0.1, 0.15) is 153 Å². The Morgan fingerprint density at radius 2 is 1.02 bits per heavy atom. The molecule has 1 N–H and O–H groups in total. The molecular weight excluding hydrogens is 703 g/mol. The third kappa shape index (κ3) is 10.1. The highest BCUT2D eigenvalue weighted by atomic mass is 31.2. The van der Waals surface area contributed by atoms with Crippen LogP contribution in [0.2, 0.25) is 0 Å². The summed E-state index contributed by atoms with van der Waals surface area (Å²) in [6, 6.07) is 3.71. The van der Waals surface area contributed by atoms with Crippen molar-refractivity contribution in [3.8, 4) is 5.75 Å². The molecule has 2 heterocycles. The smallest absolute Gasteiger partial charge is 0.332 e. The van der Waals surface area contributed by atoms with E-state index in [1.54, 1.807) is 13.8 Å². The lowest BCUT2D eigenvalue weighted by Crippen LogP contribution is -2.61. The number of ether oxygens (including phenoxy) is 2. The van der Waals surface area contributed by atoms with E-state index >= 15 is 9.59 Å². The number of phenols is 1. The predicted molar refractivity (Wildman–Crippen MR) is 217 cm³/mol. The lowest BCUT2D eigenvalue weighted by atomic mass is 9.75. The zero-order valence-corrected chi connectivity index (χ0v) is 38.0. The molecule has 0 aliphatic carbocycles. The lowest BCUT2D eigenvalue weighted by Gasteiger charge is -2.53. The molecule has 0 amide bonds. The van der Waals surface area contributed by atoms with Crippen LogP contribution >= 0.6 is 7.60 Å². The Hall–Kier alpha value is -1.97. The molecule has 1 aromatic carbocycles. The summed E-state index contributed by atoms with van der Waals surface area (Å²) in [5, 5.41) is 11.6. The Balaban J connectivity index is 2.36. The molecule has 2 aliphatic rings. The minimum absolute atomic E-state index is 0.0493. The number of aromatic hydroxyl groups is 1. The van der Waals surface area contributed by atoms with Gasteiger partial charge in [-0.15, -0.1) is 0 Å². The van der Waals surface area contributed by atoms with Crippen molar-refractivity contribution >= 4 is 19.5 Å². The van der Waals surface area contributed by atoms with Gasteiger partial charge in [-0.3, -0.25) is 24.0 Å². The van der Waals surface area contributed by atoms with Gasteiger partial charge in [0.2, 0.25) is 0 Å². The summed E-state index contributed by atoms with van der Waals surface area (Å²) in [4.78, 5) is 35.2. The highest BCUT2D eigenvalue weighted by molar-refractivity contribution is 7.54. The van der Waals surface area contributed by atoms with Gasteiger partial charge in [0.1, 0.15) is 18.0 Å². The fraction of sp³-hybridized carbons (Fsp3) is 0.814. The van der Waals surface area contributed by atoms with Crippen LogP contribution in [0.5, 0.6) is 5.75 Å². The number of benzene rings is 1. The molecule has 0 saturated carbocycles. The van der Waals surface area contributed by atoms with Crippen LogP contribution in [-0.2, 0) is 49.9 Å². The van der Waals surface area contributed by atoms with Crippen molar-refractivity contribution in [1.29, 1.82) is 0 Å². The minimum Gasteiger partial charge on any atom is -0.507 e. The molecule has 0 atom stereocenters. The maximum absolute atomic E-state index is 15.3. The number of carbonyl (C=O) groups is 2. The molecule has 0 spiro atoms. The third-order valence-electron chi connectivity index (χ3n) is 12.3. The zero-order chi connectivity index (χ0) is 41.7. The van der Waals surface area contributed by atoms with Crippen molar-refractivity contribution in [3.63, 3.8) is 0 Å². The second-order valence-corrected chi connectivity index (χ2v) is 22.7. The Bertz CT molecular complexity index is 1430. The number of phenolic OH excluding ortho intramolecular Hbond substituents is 1. The maximum Gasteiger partial charge on any atom is 0.332 e. The van der Waals surface area contributed by atoms with E-state index in [-0.39, 0.29) is 47.5 Å². The first kappa shape index (κ1) is 46.4. The van der Waals surface area contributed by atoms with Crippen LogP contribution in [0.4, 0.5) is 0 Å².